The predicted molar refractivity (Wildman–Crippen MR) is 85.9 cm³/mol. The van der Waals surface area contributed by atoms with Crippen molar-refractivity contribution >= 4 is 17.5 Å². The first-order valence-electron chi connectivity index (χ1n) is 7.67. The molecule has 1 aliphatic rings. The zero-order valence-corrected chi connectivity index (χ0v) is 13.2. The molecule has 0 unspecified atom stereocenters. The van der Waals surface area contributed by atoms with Gasteiger partial charge < -0.3 is 10.1 Å². The van der Waals surface area contributed by atoms with Gasteiger partial charge in [-0.25, -0.2) is 9.29 Å². The SMILES string of the molecule is COc1ccc(N2C(=O)C[C@H]([NH2+]Cc3ccc(F)cc3)C2=O)cc1. The monoisotopic (exact) mass is 329 g/mol. The van der Waals surface area contributed by atoms with Crippen molar-refractivity contribution in [2.24, 2.45) is 0 Å². The van der Waals surface area contributed by atoms with Crippen LogP contribution in [0.25, 0.3) is 0 Å². The highest BCUT2D eigenvalue weighted by Gasteiger charge is 2.42. The maximum Gasteiger partial charge on any atom is 0.292 e. The summed E-state index contributed by atoms with van der Waals surface area (Å²) >= 11 is 0. The Morgan fingerprint density at radius 3 is 2.42 bits per heavy atom. The minimum atomic E-state index is -0.454. The Labute approximate surface area is 139 Å². The Morgan fingerprint density at radius 1 is 1.12 bits per heavy atom. The van der Waals surface area contributed by atoms with Crippen molar-refractivity contribution in [3.05, 3.63) is 59.9 Å². The molecule has 24 heavy (non-hydrogen) atoms. The van der Waals surface area contributed by atoms with Crippen molar-refractivity contribution in [3.8, 4) is 5.75 Å². The zero-order chi connectivity index (χ0) is 17.1. The van der Waals surface area contributed by atoms with Gasteiger partial charge in [-0.05, 0) is 36.4 Å². The smallest absolute Gasteiger partial charge is 0.292 e. The highest BCUT2D eigenvalue weighted by atomic mass is 19.1. The van der Waals surface area contributed by atoms with E-state index in [0.29, 0.717) is 18.0 Å². The van der Waals surface area contributed by atoms with Crippen LogP contribution in [-0.4, -0.2) is 25.0 Å². The summed E-state index contributed by atoms with van der Waals surface area (Å²) in [4.78, 5) is 26.0. The molecular weight excluding hydrogens is 311 g/mol. The van der Waals surface area contributed by atoms with Crippen LogP contribution in [0.15, 0.2) is 48.5 Å². The fourth-order valence-corrected chi connectivity index (χ4v) is 2.74. The summed E-state index contributed by atoms with van der Waals surface area (Å²) in [5.41, 5.74) is 1.45. The average Bonchev–Trinajstić information content (AvgIpc) is 2.88. The van der Waals surface area contributed by atoms with E-state index < -0.39 is 6.04 Å². The zero-order valence-electron chi connectivity index (χ0n) is 13.2. The van der Waals surface area contributed by atoms with E-state index >= 15 is 0 Å². The molecule has 1 fully saturated rings. The molecule has 0 saturated carbocycles. The van der Waals surface area contributed by atoms with Gasteiger partial charge in [0.25, 0.3) is 5.91 Å². The first-order chi connectivity index (χ1) is 11.6. The van der Waals surface area contributed by atoms with Crippen LogP contribution in [0.3, 0.4) is 0 Å². The number of imide groups is 1. The van der Waals surface area contributed by atoms with E-state index in [-0.39, 0.29) is 24.1 Å². The van der Waals surface area contributed by atoms with E-state index in [4.69, 9.17) is 4.74 Å². The molecule has 0 aliphatic carbocycles. The summed E-state index contributed by atoms with van der Waals surface area (Å²) in [6, 6.07) is 12.5. The van der Waals surface area contributed by atoms with Crippen molar-refractivity contribution in [3.63, 3.8) is 0 Å². The quantitative estimate of drug-likeness (QED) is 0.839. The molecule has 0 aromatic heterocycles. The van der Waals surface area contributed by atoms with Crippen LogP contribution in [0, 0.1) is 5.82 Å². The lowest BCUT2D eigenvalue weighted by Gasteiger charge is -2.14. The van der Waals surface area contributed by atoms with Gasteiger partial charge in [0.1, 0.15) is 18.1 Å². The molecule has 124 valence electrons. The van der Waals surface area contributed by atoms with Gasteiger partial charge in [0, 0.05) is 5.56 Å². The second-order valence-electron chi connectivity index (χ2n) is 5.64. The van der Waals surface area contributed by atoms with Gasteiger partial charge in [-0.2, -0.15) is 0 Å². The Hall–Kier alpha value is -2.73. The van der Waals surface area contributed by atoms with Crippen LogP contribution in [0.2, 0.25) is 0 Å². The summed E-state index contributed by atoms with van der Waals surface area (Å²) in [7, 11) is 1.56. The van der Waals surface area contributed by atoms with Gasteiger partial charge in [0.05, 0.1) is 19.2 Å². The van der Waals surface area contributed by atoms with Gasteiger partial charge in [-0.3, -0.25) is 9.59 Å². The minimum absolute atomic E-state index is 0.159. The third-order valence-corrected chi connectivity index (χ3v) is 4.06. The number of benzene rings is 2. The number of halogens is 1. The number of carbonyl (C=O) groups excluding carboxylic acids is 2. The number of amides is 2. The molecule has 1 aliphatic heterocycles. The third-order valence-electron chi connectivity index (χ3n) is 4.06. The van der Waals surface area contributed by atoms with Crippen LogP contribution >= 0.6 is 0 Å². The van der Waals surface area contributed by atoms with E-state index in [9.17, 15) is 14.0 Å². The lowest BCUT2D eigenvalue weighted by atomic mass is 10.2. The predicted octanol–water partition coefficient (Wildman–Crippen LogP) is 1.23. The molecule has 0 bridgehead atoms. The molecule has 0 spiro atoms. The Bertz CT molecular complexity index is 744. The molecule has 2 aromatic rings. The van der Waals surface area contributed by atoms with Gasteiger partial charge in [-0.1, -0.05) is 12.1 Å². The number of hydrogen-bond acceptors (Lipinski definition) is 3. The molecular formula is C18H18FN2O3+. The number of nitrogens with two attached hydrogens (primary N) is 1. The Kier molecular flexibility index (Phi) is 4.57. The number of carbonyl (C=O) groups is 2. The normalized spacial score (nSPS) is 17.4. The number of quaternary nitrogens is 1. The topological polar surface area (TPSA) is 63.2 Å². The fourth-order valence-electron chi connectivity index (χ4n) is 2.74. The van der Waals surface area contributed by atoms with Crippen LogP contribution in [0.4, 0.5) is 10.1 Å². The minimum Gasteiger partial charge on any atom is -0.497 e. The van der Waals surface area contributed by atoms with E-state index in [1.54, 1.807) is 43.5 Å². The molecule has 0 radical (unpaired) electrons. The maximum absolute atomic E-state index is 12.9. The van der Waals surface area contributed by atoms with Crippen LogP contribution < -0.4 is 15.0 Å². The van der Waals surface area contributed by atoms with Gasteiger partial charge in [-0.15, -0.1) is 0 Å². The molecule has 3 rings (SSSR count). The lowest BCUT2D eigenvalue weighted by Crippen LogP contribution is -2.90. The van der Waals surface area contributed by atoms with E-state index in [1.165, 1.54) is 17.0 Å². The standard InChI is InChI=1S/C18H17FN2O3/c1-24-15-8-6-14(7-9-15)21-17(22)10-16(18(21)23)20-11-12-2-4-13(19)5-3-12/h2-9,16,20H,10-11H2,1H3/p+1/t16-/m0/s1. The van der Waals surface area contributed by atoms with Gasteiger partial charge >= 0.3 is 0 Å². The number of rotatable bonds is 5. The molecule has 2 N–H and O–H groups in total. The number of nitrogens with zero attached hydrogens (tertiary/aromatic N) is 1. The largest absolute Gasteiger partial charge is 0.497 e. The number of anilines is 1. The fraction of sp³-hybridized carbons (Fsp3) is 0.222. The molecule has 2 amide bonds. The summed E-state index contributed by atoms with van der Waals surface area (Å²) in [6.45, 7) is 0.514. The van der Waals surface area contributed by atoms with Crippen molar-refractivity contribution < 1.29 is 24.0 Å². The van der Waals surface area contributed by atoms with Gasteiger partial charge in [0.2, 0.25) is 5.91 Å². The van der Waals surface area contributed by atoms with Crippen molar-refractivity contribution in [2.45, 2.75) is 19.0 Å². The third kappa shape index (κ3) is 3.28. The first-order valence-corrected chi connectivity index (χ1v) is 7.67. The Balaban J connectivity index is 1.67. The first kappa shape index (κ1) is 16.1. The molecule has 1 atom stereocenters. The van der Waals surface area contributed by atoms with Crippen molar-refractivity contribution in [1.82, 2.24) is 0 Å². The number of methoxy groups -OCH3 is 1. The lowest BCUT2D eigenvalue weighted by molar-refractivity contribution is -0.690. The molecule has 2 aromatic carbocycles. The summed E-state index contributed by atoms with van der Waals surface area (Å²) in [5.74, 6) is -0.0772. The van der Waals surface area contributed by atoms with Gasteiger partial charge in [0.15, 0.2) is 6.04 Å². The van der Waals surface area contributed by atoms with Crippen LogP contribution in [0.1, 0.15) is 12.0 Å². The molecule has 1 heterocycles. The highest BCUT2D eigenvalue weighted by Crippen LogP contribution is 2.24. The van der Waals surface area contributed by atoms with Crippen molar-refractivity contribution in [1.29, 1.82) is 0 Å². The highest BCUT2D eigenvalue weighted by molar-refractivity contribution is 6.21. The maximum atomic E-state index is 12.9. The van der Waals surface area contributed by atoms with Crippen LogP contribution in [0.5, 0.6) is 5.75 Å². The van der Waals surface area contributed by atoms with Crippen molar-refractivity contribution in [2.75, 3.05) is 12.0 Å². The molecule has 6 heteroatoms. The number of ether oxygens (including phenoxy) is 1. The van der Waals surface area contributed by atoms with E-state index in [2.05, 4.69) is 0 Å². The summed E-state index contributed by atoms with van der Waals surface area (Å²) in [5, 5.41) is 1.82. The van der Waals surface area contributed by atoms with Crippen LogP contribution in [-0.2, 0) is 16.1 Å². The summed E-state index contributed by atoms with van der Waals surface area (Å²) in [6.07, 6.45) is 0.159. The second-order valence-corrected chi connectivity index (χ2v) is 5.64. The average molecular weight is 329 g/mol. The second kappa shape index (κ2) is 6.80. The molecule has 1 saturated heterocycles. The number of hydrogen-bond donors (Lipinski definition) is 1. The molecule has 5 nitrogen and oxygen atoms in total. The summed E-state index contributed by atoms with van der Waals surface area (Å²) < 4.78 is 18.0. The van der Waals surface area contributed by atoms with E-state index in [1.807, 2.05) is 5.32 Å². The van der Waals surface area contributed by atoms with E-state index in [0.717, 1.165) is 5.56 Å². The Morgan fingerprint density at radius 2 is 1.79 bits per heavy atom.